The molecule has 0 saturated carbocycles. The molecule has 4 heteroatoms. The van der Waals surface area contributed by atoms with Gasteiger partial charge in [0.05, 0.1) is 18.7 Å². The molecule has 0 heterocycles. The number of hydrogen-bond donors (Lipinski definition) is 1. The van der Waals surface area contributed by atoms with Crippen LogP contribution in [0.3, 0.4) is 0 Å². The molecule has 3 nitrogen and oxygen atoms in total. The third-order valence-corrected chi connectivity index (χ3v) is 2.93. The Morgan fingerprint density at radius 2 is 2.10 bits per heavy atom. The van der Waals surface area contributed by atoms with E-state index in [1.807, 2.05) is 19.1 Å². The van der Waals surface area contributed by atoms with Gasteiger partial charge in [0.1, 0.15) is 0 Å². The van der Waals surface area contributed by atoms with E-state index in [0.717, 1.165) is 12.1 Å². The largest absolute Gasteiger partial charge is 0.493 e. The fraction of sp³-hybridized carbons (Fsp3) is 0.500. The van der Waals surface area contributed by atoms with Gasteiger partial charge in [0.2, 0.25) is 0 Å². The topological polar surface area (TPSA) is 30.5 Å². The van der Waals surface area contributed by atoms with Crippen LogP contribution >= 0.6 is 11.6 Å². The zero-order valence-corrected chi connectivity index (χ0v) is 13.3. The van der Waals surface area contributed by atoms with Crippen molar-refractivity contribution in [3.05, 3.63) is 22.7 Å². The van der Waals surface area contributed by atoms with E-state index in [2.05, 4.69) is 31.0 Å². The second-order valence-electron chi connectivity index (χ2n) is 4.67. The molecule has 0 bridgehead atoms. The zero-order chi connectivity index (χ0) is 15.0. The fourth-order valence-corrected chi connectivity index (χ4v) is 1.95. The lowest BCUT2D eigenvalue weighted by Crippen LogP contribution is -2.21. The molecule has 0 aliphatic heterocycles. The molecule has 1 aromatic carbocycles. The number of halogens is 1. The summed E-state index contributed by atoms with van der Waals surface area (Å²) in [4.78, 5) is 0. The van der Waals surface area contributed by atoms with Gasteiger partial charge >= 0.3 is 0 Å². The quantitative estimate of drug-likeness (QED) is 0.615. The van der Waals surface area contributed by atoms with Crippen molar-refractivity contribution in [1.82, 2.24) is 5.32 Å². The lowest BCUT2D eigenvalue weighted by atomic mass is 10.2. The molecular formula is C16H22ClNO2. The highest BCUT2D eigenvalue weighted by Gasteiger charge is 2.12. The molecule has 20 heavy (non-hydrogen) atoms. The van der Waals surface area contributed by atoms with Crippen molar-refractivity contribution < 1.29 is 9.47 Å². The van der Waals surface area contributed by atoms with Crippen LogP contribution in [0, 0.1) is 11.8 Å². The molecule has 110 valence electrons. The second-order valence-corrected chi connectivity index (χ2v) is 5.08. The van der Waals surface area contributed by atoms with E-state index < -0.39 is 0 Å². The Morgan fingerprint density at radius 3 is 2.70 bits per heavy atom. The molecule has 0 atom stereocenters. The number of benzene rings is 1. The summed E-state index contributed by atoms with van der Waals surface area (Å²) >= 11 is 6.27. The lowest BCUT2D eigenvalue weighted by molar-refractivity contribution is 0.301. The highest BCUT2D eigenvalue weighted by molar-refractivity contribution is 6.32. The molecule has 0 unspecified atom stereocenters. The standard InChI is InChI=1S/C16H22ClNO2/c1-5-6-7-8-20-16-14(17)9-13(10-15(16)19-4)11-18-12(2)3/h9-10,12,18H,7-8,11H2,1-4H3. The number of rotatable bonds is 7. The third kappa shape index (κ3) is 5.32. The molecular weight excluding hydrogens is 274 g/mol. The third-order valence-electron chi connectivity index (χ3n) is 2.65. The summed E-state index contributed by atoms with van der Waals surface area (Å²) in [6.45, 7) is 7.26. The van der Waals surface area contributed by atoms with Crippen LogP contribution in [-0.4, -0.2) is 19.8 Å². The van der Waals surface area contributed by atoms with Gasteiger partial charge in [-0.3, -0.25) is 0 Å². The van der Waals surface area contributed by atoms with Crippen molar-refractivity contribution in [2.75, 3.05) is 13.7 Å². The summed E-state index contributed by atoms with van der Waals surface area (Å²) in [5.74, 6) is 7.02. The monoisotopic (exact) mass is 295 g/mol. The van der Waals surface area contributed by atoms with Gasteiger partial charge in [-0.25, -0.2) is 0 Å². The molecule has 0 radical (unpaired) electrons. The van der Waals surface area contributed by atoms with Gasteiger partial charge in [-0.15, -0.1) is 11.8 Å². The Balaban J connectivity index is 2.80. The van der Waals surface area contributed by atoms with E-state index in [1.165, 1.54) is 0 Å². The van der Waals surface area contributed by atoms with Crippen LogP contribution in [0.5, 0.6) is 11.5 Å². The minimum absolute atomic E-state index is 0.420. The Morgan fingerprint density at radius 1 is 1.35 bits per heavy atom. The van der Waals surface area contributed by atoms with E-state index >= 15 is 0 Å². The molecule has 0 aromatic heterocycles. The molecule has 0 spiro atoms. The molecule has 0 aliphatic carbocycles. The molecule has 0 saturated heterocycles. The molecule has 0 amide bonds. The maximum absolute atomic E-state index is 6.27. The summed E-state index contributed by atoms with van der Waals surface area (Å²) in [5.41, 5.74) is 1.07. The molecule has 1 N–H and O–H groups in total. The average molecular weight is 296 g/mol. The smallest absolute Gasteiger partial charge is 0.179 e. The zero-order valence-electron chi connectivity index (χ0n) is 12.5. The summed E-state index contributed by atoms with van der Waals surface area (Å²) in [6, 6.07) is 4.27. The van der Waals surface area contributed by atoms with Crippen molar-refractivity contribution in [3.63, 3.8) is 0 Å². The maximum atomic E-state index is 6.27. The highest BCUT2D eigenvalue weighted by atomic mass is 35.5. The van der Waals surface area contributed by atoms with Gasteiger partial charge < -0.3 is 14.8 Å². The first-order valence-corrected chi connectivity index (χ1v) is 7.08. The number of methoxy groups -OCH3 is 1. The minimum Gasteiger partial charge on any atom is -0.493 e. The van der Waals surface area contributed by atoms with Crippen LogP contribution in [0.1, 0.15) is 32.8 Å². The Bertz CT molecular complexity index is 489. The SMILES string of the molecule is CC#CCCOc1c(Cl)cc(CNC(C)C)cc1OC. The summed E-state index contributed by atoms with van der Waals surface area (Å²) < 4.78 is 11.0. The van der Waals surface area contributed by atoms with Crippen molar-refractivity contribution in [2.24, 2.45) is 0 Å². The van der Waals surface area contributed by atoms with Gasteiger partial charge in [0.15, 0.2) is 11.5 Å². The van der Waals surface area contributed by atoms with Gasteiger partial charge in [0.25, 0.3) is 0 Å². The van der Waals surface area contributed by atoms with E-state index in [-0.39, 0.29) is 0 Å². The van der Waals surface area contributed by atoms with Gasteiger partial charge in [-0.05, 0) is 24.6 Å². The summed E-state index contributed by atoms with van der Waals surface area (Å²) in [5, 5.41) is 3.91. The predicted octanol–water partition coefficient (Wildman–Crippen LogP) is 3.64. The van der Waals surface area contributed by atoms with Gasteiger partial charge in [0, 0.05) is 19.0 Å². The number of hydrogen-bond acceptors (Lipinski definition) is 3. The fourth-order valence-electron chi connectivity index (χ4n) is 1.67. The number of nitrogens with one attached hydrogen (secondary N) is 1. The van der Waals surface area contributed by atoms with E-state index in [9.17, 15) is 0 Å². The normalized spacial score (nSPS) is 10.1. The first kappa shape index (κ1) is 16.7. The maximum Gasteiger partial charge on any atom is 0.179 e. The summed E-state index contributed by atoms with van der Waals surface area (Å²) in [7, 11) is 1.62. The van der Waals surface area contributed by atoms with Crippen molar-refractivity contribution in [1.29, 1.82) is 0 Å². The van der Waals surface area contributed by atoms with Gasteiger partial charge in [-0.2, -0.15) is 0 Å². The van der Waals surface area contributed by atoms with Crippen molar-refractivity contribution in [3.8, 4) is 23.3 Å². The Kier molecular flexibility index (Phi) is 7.28. The Hall–Kier alpha value is -1.37. The molecule has 1 rings (SSSR count). The van der Waals surface area contributed by atoms with Crippen LogP contribution in [0.25, 0.3) is 0 Å². The van der Waals surface area contributed by atoms with Crippen LogP contribution in [0.4, 0.5) is 0 Å². The highest BCUT2D eigenvalue weighted by Crippen LogP contribution is 2.36. The summed E-state index contributed by atoms with van der Waals surface area (Å²) in [6.07, 6.45) is 0.673. The van der Waals surface area contributed by atoms with Crippen LogP contribution in [0.2, 0.25) is 5.02 Å². The first-order valence-electron chi connectivity index (χ1n) is 6.70. The minimum atomic E-state index is 0.420. The van der Waals surface area contributed by atoms with Crippen molar-refractivity contribution >= 4 is 11.6 Å². The number of ether oxygens (including phenoxy) is 2. The van der Waals surface area contributed by atoms with Crippen LogP contribution < -0.4 is 14.8 Å². The Labute approximate surface area is 126 Å². The van der Waals surface area contributed by atoms with Crippen LogP contribution in [0.15, 0.2) is 12.1 Å². The van der Waals surface area contributed by atoms with Gasteiger partial charge in [-0.1, -0.05) is 25.4 Å². The second kappa shape index (κ2) is 8.73. The van der Waals surface area contributed by atoms with E-state index in [1.54, 1.807) is 7.11 Å². The predicted molar refractivity (Wildman–Crippen MR) is 83.5 cm³/mol. The molecule has 0 aliphatic rings. The molecule has 0 fully saturated rings. The lowest BCUT2D eigenvalue weighted by Gasteiger charge is -2.14. The molecule has 1 aromatic rings. The average Bonchev–Trinajstić information content (AvgIpc) is 2.42. The van der Waals surface area contributed by atoms with Crippen molar-refractivity contribution in [2.45, 2.75) is 39.8 Å². The van der Waals surface area contributed by atoms with Crippen LogP contribution in [-0.2, 0) is 6.54 Å². The van der Waals surface area contributed by atoms with E-state index in [0.29, 0.717) is 35.6 Å². The first-order chi connectivity index (χ1) is 9.58. The van der Waals surface area contributed by atoms with E-state index in [4.69, 9.17) is 21.1 Å².